The fourth-order valence-corrected chi connectivity index (χ4v) is 9.35. The molecule has 0 amide bonds. The highest BCUT2D eigenvalue weighted by Gasteiger charge is 2.27. The zero-order chi connectivity index (χ0) is 52.7. The summed E-state index contributed by atoms with van der Waals surface area (Å²) < 4.78 is 34.6. The largest absolute Gasteiger partial charge is 0.472 e. The molecule has 0 saturated heterocycles. The number of hydrogen-bond acceptors (Lipinski definition) is 7. The Hall–Kier alpha value is -2.03. The van der Waals surface area contributed by atoms with E-state index < -0.39 is 26.5 Å². The van der Waals surface area contributed by atoms with E-state index in [0.29, 0.717) is 17.4 Å². The summed E-state index contributed by atoms with van der Waals surface area (Å²) in [6.07, 6.45) is 67.6. The maximum Gasteiger partial charge on any atom is 0.472 e. The Bertz CT molecular complexity index is 1360. The molecular formula is C62H117NO8P+. The van der Waals surface area contributed by atoms with E-state index in [9.17, 15) is 19.0 Å². The molecule has 422 valence electrons. The molecular weight excluding hydrogens is 918 g/mol. The van der Waals surface area contributed by atoms with Gasteiger partial charge in [0.25, 0.3) is 0 Å². The Balaban J connectivity index is 4.05. The van der Waals surface area contributed by atoms with Gasteiger partial charge in [-0.15, -0.1) is 0 Å². The minimum absolute atomic E-state index is 0.0309. The summed E-state index contributed by atoms with van der Waals surface area (Å²) in [6.45, 7) is 4.42. The molecule has 10 heteroatoms. The first-order valence-corrected chi connectivity index (χ1v) is 31.9. The van der Waals surface area contributed by atoms with Gasteiger partial charge in [0.2, 0.25) is 0 Å². The SMILES string of the molecule is CCCCC/C=C\C/C=C\CCCCCCCCCC(=O)OCC(COP(=O)(O)OCC[N+](C)(C)C)OC(=O)CCCCCCCCCCCCCCCCCCCCC/C=C\C/C=C\CCCCCCC. The molecule has 2 unspecified atom stereocenters. The number of likely N-dealkylation sites (N-methyl/N-ethyl adjacent to an activating group) is 1. The van der Waals surface area contributed by atoms with Gasteiger partial charge in [-0.2, -0.15) is 0 Å². The molecule has 0 radical (unpaired) electrons. The van der Waals surface area contributed by atoms with Gasteiger partial charge >= 0.3 is 19.8 Å². The number of hydrogen-bond donors (Lipinski definition) is 1. The number of phosphoric ester groups is 1. The molecule has 0 fully saturated rings. The van der Waals surface area contributed by atoms with Gasteiger partial charge in [0.15, 0.2) is 6.10 Å². The van der Waals surface area contributed by atoms with Crippen molar-refractivity contribution in [3.63, 3.8) is 0 Å². The molecule has 72 heavy (non-hydrogen) atoms. The third kappa shape index (κ3) is 57.3. The van der Waals surface area contributed by atoms with Crippen LogP contribution < -0.4 is 0 Å². The molecule has 0 bridgehead atoms. The highest BCUT2D eigenvalue weighted by molar-refractivity contribution is 7.47. The molecule has 0 aromatic heterocycles. The number of carbonyl (C=O) groups excluding carboxylic acids is 2. The highest BCUT2D eigenvalue weighted by Crippen LogP contribution is 2.43. The van der Waals surface area contributed by atoms with Crippen LogP contribution >= 0.6 is 7.82 Å². The fourth-order valence-electron chi connectivity index (χ4n) is 8.61. The van der Waals surface area contributed by atoms with Crippen LogP contribution in [0.5, 0.6) is 0 Å². The second-order valence-corrected chi connectivity index (χ2v) is 23.2. The van der Waals surface area contributed by atoms with Crippen LogP contribution in [0.25, 0.3) is 0 Å². The van der Waals surface area contributed by atoms with Crippen molar-refractivity contribution in [2.24, 2.45) is 0 Å². The summed E-state index contributed by atoms with van der Waals surface area (Å²) in [7, 11) is 1.48. The highest BCUT2D eigenvalue weighted by atomic mass is 31.2. The quantitative estimate of drug-likeness (QED) is 0.0211. The lowest BCUT2D eigenvalue weighted by atomic mass is 10.0. The van der Waals surface area contributed by atoms with Gasteiger partial charge in [-0.3, -0.25) is 18.6 Å². The number of carbonyl (C=O) groups is 2. The maximum absolute atomic E-state index is 12.8. The zero-order valence-electron chi connectivity index (χ0n) is 47.9. The predicted octanol–water partition coefficient (Wildman–Crippen LogP) is 18.9. The summed E-state index contributed by atoms with van der Waals surface area (Å²) in [4.78, 5) is 35.7. The van der Waals surface area contributed by atoms with E-state index in [2.05, 4.69) is 62.5 Å². The van der Waals surface area contributed by atoms with Crippen molar-refractivity contribution < 1.29 is 42.1 Å². The first-order valence-electron chi connectivity index (χ1n) is 30.4. The lowest BCUT2D eigenvalue weighted by molar-refractivity contribution is -0.870. The molecule has 0 rings (SSSR count). The van der Waals surface area contributed by atoms with Crippen molar-refractivity contribution >= 4 is 19.8 Å². The van der Waals surface area contributed by atoms with Crippen molar-refractivity contribution in [3.05, 3.63) is 48.6 Å². The Morgan fingerprint density at radius 2 is 0.750 bits per heavy atom. The van der Waals surface area contributed by atoms with Crippen molar-refractivity contribution in [3.8, 4) is 0 Å². The number of ether oxygens (including phenoxy) is 2. The van der Waals surface area contributed by atoms with E-state index in [1.165, 1.54) is 193 Å². The van der Waals surface area contributed by atoms with Crippen LogP contribution in [0.2, 0.25) is 0 Å². The van der Waals surface area contributed by atoms with Gasteiger partial charge < -0.3 is 18.9 Å². The summed E-state index contributed by atoms with van der Waals surface area (Å²) >= 11 is 0. The van der Waals surface area contributed by atoms with Gasteiger partial charge in [0.05, 0.1) is 27.7 Å². The van der Waals surface area contributed by atoms with Crippen LogP contribution in [-0.4, -0.2) is 74.9 Å². The number of esters is 2. The van der Waals surface area contributed by atoms with E-state index >= 15 is 0 Å². The lowest BCUT2D eigenvalue weighted by Crippen LogP contribution is -2.37. The van der Waals surface area contributed by atoms with E-state index in [0.717, 1.165) is 57.8 Å². The zero-order valence-corrected chi connectivity index (χ0v) is 48.8. The molecule has 0 aromatic carbocycles. The normalized spacial score (nSPS) is 13.6. The average Bonchev–Trinajstić information content (AvgIpc) is 3.34. The number of phosphoric acid groups is 1. The van der Waals surface area contributed by atoms with Crippen molar-refractivity contribution in [2.45, 2.75) is 290 Å². The molecule has 2 atom stereocenters. The van der Waals surface area contributed by atoms with Crippen LogP contribution in [0.4, 0.5) is 0 Å². The van der Waals surface area contributed by atoms with Gasteiger partial charge in [-0.1, -0.05) is 242 Å². The number of allylic oxidation sites excluding steroid dienone is 8. The Morgan fingerprint density at radius 3 is 1.12 bits per heavy atom. The Morgan fingerprint density at radius 1 is 0.431 bits per heavy atom. The number of nitrogens with zero attached hydrogens (tertiary/aromatic N) is 1. The van der Waals surface area contributed by atoms with E-state index in [-0.39, 0.29) is 32.0 Å². The average molecular weight is 1040 g/mol. The molecule has 0 aliphatic rings. The second-order valence-electron chi connectivity index (χ2n) is 21.7. The molecule has 9 nitrogen and oxygen atoms in total. The smallest absolute Gasteiger partial charge is 0.462 e. The molecule has 0 saturated carbocycles. The van der Waals surface area contributed by atoms with Crippen LogP contribution in [0.1, 0.15) is 284 Å². The summed E-state index contributed by atoms with van der Waals surface area (Å²) in [6, 6.07) is 0. The first-order chi connectivity index (χ1) is 35.0. The second kappa shape index (κ2) is 53.8. The van der Waals surface area contributed by atoms with Crippen molar-refractivity contribution in [1.29, 1.82) is 0 Å². The number of quaternary nitrogens is 1. The van der Waals surface area contributed by atoms with Crippen molar-refractivity contribution in [1.82, 2.24) is 0 Å². The summed E-state index contributed by atoms with van der Waals surface area (Å²) in [5.41, 5.74) is 0. The monoisotopic (exact) mass is 1030 g/mol. The van der Waals surface area contributed by atoms with Gasteiger partial charge in [-0.25, -0.2) is 4.57 Å². The Labute approximate surface area is 445 Å². The minimum atomic E-state index is -4.39. The molecule has 0 aliphatic carbocycles. The van der Waals surface area contributed by atoms with Gasteiger partial charge in [0.1, 0.15) is 19.8 Å². The third-order valence-corrected chi connectivity index (χ3v) is 14.3. The third-order valence-electron chi connectivity index (χ3n) is 13.3. The standard InChI is InChI=1S/C62H116NO8P/c1-6-8-10-12-14-16-18-20-22-24-25-26-27-28-29-30-31-32-33-34-35-36-37-39-41-43-45-47-49-51-53-55-62(65)71-60(59-70-72(66,67)69-57-56-63(3,4)5)58-68-61(64)54-52-50-48-46-44-42-40-38-23-21-19-17-15-13-11-9-7-2/h15,17-18,20-21,23-25,60H,6-14,16,19,22,26-59H2,1-5H3/p+1/b17-15-,20-18-,23-21-,25-24-. The topological polar surface area (TPSA) is 108 Å². The first kappa shape index (κ1) is 70.0. The van der Waals surface area contributed by atoms with Crippen LogP contribution in [-0.2, 0) is 32.7 Å². The van der Waals surface area contributed by atoms with Gasteiger partial charge in [0, 0.05) is 12.8 Å². The molecule has 0 aliphatic heterocycles. The number of rotatable bonds is 56. The van der Waals surface area contributed by atoms with Crippen LogP contribution in [0.3, 0.4) is 0 Å². The molecule has 1 N–H and O–H groups in total. The molecule has 0 aromatic rings. The number of unbranched alkanes of at least 4 members (excludes halogenated alkanes) is 34. The summed E-state index contributed by atoms with van der Waals surface area (Å²) in [5.74, 6) is -0.796. The maximum atomic E-state index is 12.8. The van der Waals surface area contributed by atoms with E-state index in [1.807, 2.05) is 21.1 Å². The van der Waals surface area contributed by atoms with Crippen LogP contribution in [0.15, 0.2) is 48.6 Å². The summed E-state index contributed by atoms with van der Waals surface area (Å²) in [5, 5.41) is 0. The Kier molecular flexibility index (Phi) is 52.3. The molecule has 0 spiro atoms. The van der Waals surface area contributed by atoms with E-state index in [4.69, 9.17) is 18.5 Å². The fraction of sp³-hybridized carbons (Fsp3) is 0.839. The minimum Gasteiger partial charge on any atom is -0.462 e. The molecule has 0 heterocycles. The predicted molar refractivity (Wildman–Crippen MR) is 307 cm³/mol. The van der Waals surface area contributed by atoms with Gasteiger partial charge in [-0.05, 0) is 77.0 Å². The van der Waals surface area contributed by atoms with Crippen molar-refractivity contribution in [2.75, 3.05) is 47.5 Å². The van der Waals surface area contributed by atoms with E-state index in [1.54, 1.807) is 0 Å². The van der Waals surface area contributed by atoms with Crippen LogP contribution in [0, 0.1) is 0 Å². The lowest BCUT2D eigenvalue weighted by Gasteiger charge is -2.24.